The first kappa shape index (κ1) is 13.4. The molecule has 1 aliphatic rings. The molecule has 1 aromatic carbocycles. The van der Waals surface area contributed by atoms with Crippen molar-refractivity contribution < 1.29 is 0 Å². The van der Waals surface area contributed by atoms with E-state index in [-0.39, 0.29) is 0 Å². The molecular formula is C16H26N2. The van der Waals surface area contributed by atoms with Gasteiger partial charge in [-0.15, -0.1) is 0 Å². The van der Waals surface area contributed by atoms with Crippen LogP contribution in [0.1, 0.15) is 31.4 Å². The molecule has 1 saturated heterocycles. The molecule has 0 bridgehead atoms. The summed E-state index contributed by atoms with van der Waals surface area (Å²) in [6.07, 6.45) is 3.56. The number of nitrogens with zero attached hydrogens (tertiary/aromatic N) is 1. The first-order valence-electron chi connectivity index (χ1n) is 7.28. The molecule has 1 heterocycles. The van der Waals surface area contributed by atoms with E-state index >= 15 is 0 Å². The van der Waals surface area contributed by atoms with E-state index in [9.17, 15) is 0 Å². The molecule has 18 heavy (non-hydrogen) atoms. The maximum Gasteiger partial charge on any atom is 0.0428 e. The third-order valence-electron chi connectivity index (χ3n) is 4.04. The normalized spacial score (nSPS) is 19.2. The molecule has 0 spiro atoms. The molecule has 1 aromatic rings. The standard InChI is InChI=1S/C16H26N2/c1-4-14-7-6-8-15(5-2)16(14)18(3)12-13-9-10-17-11-13/h6-8,13,17H,4-5,9-12H2,1-3H3. The van der Waals surface area contributed by atoms with Gasteiger partial charge in [-0.3, -0.25) is 0 Å². The summed E-state index contributed by atoms with van der Waals surface area (Å²) in [5.74, 6) is 0.810. The summed E-state index contributed by atoms with van der Waals surface area (Å²) < 4.78 is 0. The second-order valence-electron chi connectivity index (χ2n) is 5.37. The van der Waals surface area contributed by atoms with Crippen molar-refractivity contribution in [1.29, 1.82) is 0 Å². The lowest BCUT2D eigenvalue weighted by atomic mass is 10.0. The van der Waals surface area contributed by atoms with Gasteiger partial charge in [0.2, 0.25) is 0 Å². The molecule has 1 unspecified atom stereocenters. The number of hydrogen-bond acceptors (Lipinski definition) is 2. The summed E-state index contributed by atoms with van der Waals surface area (Å²) in [5.41, 5.74) is 4.46. The van der Waals surface area contributed by atoms with Crippen molar-refractivity contribution in [2.24, 2.45) is 5.92 Å². The van der Waals surface area contributed by atoms with Crippen LogP contribution in [0.3, 0.4) is 0 Å². The van der Waals surface area contributed by atoms with Gasteiger partial charge in [-0.25, -0.2) is 0 Å². The molecule has 2 nitrogen and oxygen atoms in total. The smallest absolute Gasteiger partial charge is 0.0428 e. The first-order valence-corrected chi connectivity index (χ1v) is 7.28. The van der Waals surface area contributed by atoms with Crippen LogP contribution in [-0.2, 0) is 12.8 Å². The molecule has 1 N–H and O–H groups in total. The van der Waals surface area contributed by atoms with Crippen LogP contribution in [0.5, 0.6) is 0 Å². The van der Waals surface area contributed by atoms with Gasteiger partial charge in [-0.2, -0.15) is 0 Å². The Morgan fingerprint density at radius 3 is 2.39 bits per heavy atom. The minimum Gasteiger partial charge on any atom is -0.374 e. The fourth-order valence-electron chi connectivity index (χ4n) is 3.05. The fourth-order valence-corrected chi connectivity index (χ4v) is 3.05. The van der Waals surface area contributed by atoms with Crippen molar-refractivity contribution in [2.75, 3.05) is 31.6 Å². The van der Waals surface area contributed by atoms with Gasteiger partial charge >= 0.3 is 0 Å². The van der Waals surface area contributed by atoms with Crippen molar-refractivity contribution in [1.82, 2.24) is 5.32 Å². The lowest BCUT2D eigenvalue weighted by Crippen LogP contribution is -2.28. The largest absolute Gasteiger partial charge is 0.374 e. The van der Waals surface area contributed by atoms with Gasteiger partial charge in [0.25, 0.3) is 0 Å². The van der Waals surface area contributed by atoms with E-state index in [4.69, 9.17) is 0 Å². The molecular weight excluding hydrogens is 220 g/mol. The minimum atomic E-state index is 0.810. The van der Waals surface area contributed by atoms with E-state index in [1.165, 1.54) is 42.9 Å². The van der Waals surface area contributed by atoms with E-state index in [2.05, 4.69) is 49.3 Å². The van der Waals surface area contributed by atoms with Crippen LogP contribution >= 0.6 is 0 Å². The number of hydrogen-bond donors (Lipinski definition) is 1. The highest BCUT2D eigenvalue weighted by Gasteiger charge is 2.18. The Balaban J connectivity index is 2.18. The average Bonchev–Trinajstić information content (AvgIpc) is 2.90. The Bertz CT molecular complexity index is 358. The zero-order valence-corrected chi connectivity index (χ0v) is 12.0. The Kier molecular flexibility index (Phi) is 4.65. The van der Waals surface area contributed by atoms with Crippen LogP contribution in [-0.4, -0.2) is 26.7 Å². The number of benzene rings is 1. The molecule has 0 saturated carbocycles. The molecule has 0 aliphatic carbocycles. The van der Waals surface area contributed by atoms with E-state index in [0.29, 0.717) is 0 Å². The predicted octanol–water partition coefficient (Wildman–Crippen LogP) is 2.86. The number of aryl methyl sites for hydroxylation is 2. The van der Waals surface area contributed by atoms with Crippen molar-refractivity contribution in [2.45, 2.75) is 33.1 Å². The molecule has 2 rings (SSSR count). The third kappa shape index (κ3) is 2.86. The first-order chi connectivity index (χ1) is 8.76. The van der Waals surface area contributed by atoms with E-state index in [0.717, 1.165) is 18.8 Å². The molecule has 100 valence electrons. The van der Waals surface area contributed by atoms with Gasteiger partial charge in [0, 0.05) is 19.3 Å². The summed E-state index contributed by atoms with van der Waals surface area (Å²) in [5, 5.41) is 3.46. The lowest BCUT2D eigenvalue weighted by molar-refractivity contribution is 0.577. The molecule has 0 aromatic heterocycles. The average molecular weight is 246 g/mol. The van der Waals surface area contributed by atoms with Crippen molar-refractivity contribution >= 4 is 5.69 Å². The van der Waals surface area contributed by atoms with Crippen LogP contribution in [0.4, 0.5) is 5.69 Å². The van der Waals surface area contributed by atoms with Gasteiger partial charge in [-0.1, -0.05) is 32.0 Å². The topological polar surface area (TPSA) is 15.3 Å². The minimum absolute atomic E-state index is 0.810. The van der Waals surface area contributed by atoms with Gasteiger partial charge < -0.3 is 10.2 Å². The molecule has 2 heteroatoms. The Hall–Kier alpha value is -1.02. The Morgan fingerprint density at radius 2 is 1.89 bits per heavy atom. The van der Waals surface area contributed by atoms with Crippen molar-refractivity contribution in [3.63, 3.8) is 0 Å². The molecule has 0 amide bonds. The SMILES string of the molecule is CCc1cccc(CC)c1N(C)CC1CCNC1. The van der Waals surface area contributed by atoms with Crippen molar-refractivity contribution in [3.05, 3.63) is 29.3 Å². The molecule has 1 fully saturated rings. The van der Waals surface area contributed by atoms with Crippen LogP contribution < -0.4 is 10.2 Å². The zero-order valence-electron chi connectivity index (χ0n) is 12.0. The second kappa shape index (κ2) is 6.24. The number of anilines is 1. The maximum atomic E-state index is 3.46. The van der Waals surface area contributed by atoms with Crippen LogP contribution in [0, 0.1) is 5.92 Å². The summed E-state index contributed by atoms with van der Waals surface area (Å²) >= 11 is 0. The fraction of sp³-hybridized carbons (Fsp3) is 0.625. The quantitative estimate of drug-likeness (QED) is 0.859. The summed E-state index contributed by atoms with van der Waals surface area (Å²) in [7, 11) is 2.26. The Labute approximate surface area is 111 Å². The van der Waals surface area contributed by atoms with Crippen LogP contribution in [0.25, 0.3) is 0 Å². The summed E-state index contributed by atoms with van der Waals surface area (Å²) in [6.45, 7) is 8.05. The highest BCUT2D eigenvalue weighted by molar-refractivity contribution is 5.59. The highest BCUT2D eigenvalue weighted by atomic mass is 15.1. The molecule has 1 atom stereocenters. The van der Waals surface area contributed by atoms with E-state index in [1.54, 1.807) is 0 Å². The Morgan fingerprint density at radius 1 is 1.22 bits per heavy atom. The number of nitrogens with one attached hydrogen (secondary N) is 1. The third-order valence-corrected chi connectivity index (χ3v) is 4.04. The highest BCUT2D eigenvalue weighted by Crippen LogP contribution is 2.27. The number of para-hydroxylation sites is 1. The predicted molar refractivity (Wildman–Crippen MR) is 79.4 cm³/mol. The molecule has 0 radical (unpaired) electrons. The zero-order chi connectivity index (χ0) is 13.0. The van der Waals surface area contributed by atoms with E-state index in [1.807, 2.05) is 0 Å². The number of rotatable bonds is 5. The van der Waals surface area contributed by atoms with Gasteiger partial charge in [-0.05, 0) is 49.4 Å². The van der Waals surface area contributed by atoms with Crippen LogP contribution in [0.15, 0.2) is 18.2 Å². The van der Waals surface area contributed by atoms with Gasteiger partial charge in [0.1, 0.15) is 0 Å². The van der Waals surface area contributed by atoms with Gasteiger partial charge in [0.05, 0.1) is 0 Å². The van der Waals surface area contributed by atoms with Crippen LogP contribution in [0.2, 0.25) is 0 Å². The van der Waals surface area contributed by atoms with Crippen molar-refractivity contribution in [3.8, 4) is 0 Å². The lowest BCUT2D eigenvalue weighted by Gasteiger charge is -2.27. The monoisotopic (exact) mass is 246 g/mol. The maximum absolute atomic E-state index is 3.46. The summed E-state index contributed by atoms with van der Waals surface area (Å²) in [6, 6.07) is 6.75. The second-order valence-corrected chi connectivity index (χ2v) is 5.37. The van der Waals surface area contributed by atoms with Gasteiger partial charge in [0.15, 0.2) is 0 Å². The molecule has 1 aliphatic heterocycles. The summed E-state index contributed by atoms with van der Waals surface area (Å²) in [4.78, 5) is 2.48. The van der Waals surface area contributed by atoms with E-state index < -0.39 is 0 Å².